The van der Waals surface area contributed by atoms with Gasteiger partial charge in [-0.2, -0.15) is 10.1 Å². The second-order valence-corrected chi connectivity index (χ2v) is 5.70. The van der Waals surface area contributed by atoms with E-state index in [0.29, 0.717) is 17.8 Å². The van der Waals surface area contributed by atoms with Gasteiger partial charge in [-0.05, 0) is 26.5 Å². The molecule has 2 heterocycles. The molecule has 3 aromatic rings. The van der Waals surface area contributed by atoms with Crippen molar-refractivity contribution >= 4 is 0 Å². The van der Waals surface area contributed by atoms with Crippen molar-refractivity contribution in [2.24, 2.45) is 0 Å². The van der Waals surface area contributed by atoms with Crippen LogP contribution in [0.3, 0.4) is 0 Å². The van der Waals surface area contributed by atoms with Crippen molar-refractivity contribution in [2.45, 2.75) is 32.9 Å². The molecule has 1 N–H and O–H groups in total. The van der Waals surface area contributed by atoms with Crippen LogP contribution < -0.4 is 5.32 Å². The maximum absolute atomic E-state index is 5.40. The molecule has 120 valence electrons. The summed E-state index contributed by atoms with van der Waals surface area (Å²) in [5.74, 6) is 1.23. The summed E-state index contributed by atoms with van der Waals surface area (Å²) in [6, 6.07) is 10.6. The fourth-order valence-electron chi connectivity index (χ4n) is 2.39. The van der Waals surface area contributed by atoms with E-state index in [1.807, 2.05) is 36.9 Å². The first-order valence-corrected chi connectivity index (χ1v) is 7.74. The van der Waals surface area contributed by atoms with Crippen molar-refractivity contribution in [3.8, 4) is 11.5 Å². The third-order valence-electron chi connectivity index (χ3n) is 3.96. The molecule has 0 spiro atoms. The summed E-state index contributed by atoms with van der Waals surface area (Å²) in [7, 11) is 1.92. The molecule has 3 rings (SSSR count). The van der Waals surface area contributed by atoms with Crippen molar-refractivity contribution < 1.29 is 4.52 Å². The number of hydrogen-bond acceptors (Lipinski definition) is 5. The van der Waals surface area contributed by atoms with Crippen molar-refractivity contribution in [1.82, 2.24) is 25.2 Å². The molecule has 0 aliphatic heterocycles. The van der Waals surface area contributed by atoms with Crippen LogP contribution in [0.15, 0.2) is 41.1 Å². The Kier molecular flexibility index (Phi) is 4.52. The smallest absolute Gasteiger partial charge is 0.261 e. The maximum Gasteiger partial charge on any atom is 0.261 e. The lowest BCUT2D eigenvalue weighted by Gasteiger charge is -2.05. The summed E-state index contributed by atoms with van der Waals surface area (Å²) >= 11 is 0. The summed E-state index contributed by atoms with van der Waals surface area (Å²) in [5, 5.41) is 11.7. The molecular formula is C17H21N5O. The van der Waals surface area contributed by atoms with Gasteiger partial charge in [-0.3, -0.25) is 4.68 Å². The number of hydrogen-bond donors (Lipinski definition) is 1. The predicted octanol–water partition coefficient (Wildman–Crippen LogP) is 2.44. The van der Waals surface area contributed by atoms with E-state index in [0.717, 1.165) is 24.2 Å². The highest BCUT2D eigenvalue weighted by molar-refractivity contribution is 5.54. The third kappa shape index (κ3) is 3.48. The number of benzene rings is 1. The van der Waals surface area contributed by atoms with Crippen LogP contribution in [0.5, 0.6) is 0 Å². The Bertz CT molecular complexity index is 762. The molecule has 1 aromatic carbocycles. The van der Waals surface area contributed by atoms with Crippen molar-refractivity contribution in [3.63, 3.8) is 0 Å². The molecule has 1 atom stereocenters. The Morgan fingerprint density at radius 3 is 2.78 bits per heavy atom. The van der Waals surface area contributed by atoms with E-state index >= 15 is 0 Å². The van der Waals surface area contributed by atoms with E-state index in [-0.39, 0.29) is 0 Å². The van der Waals surface area contributed by atoms with Gasteiger partial charge in [-0.15, -0.1) is 0 Å². The first-order chi connectivity index (χ1) is 11.2. The van der Waals surface area contributed by atoms with Crippen molar-refractivity contribution in [3.05, 3.63) is 53.6 Å². The summed E-state index contributed by atoms with van der Waals surface area (Å²) in [4.78, 5) is 4.48. The van der Waals surface area contributed by atoms with Gasteiger partial charge in [-0.25, -0.2) is 0 Å². The fourth-order valence-corrected chi connectivity index (χ4v) is 2.39. The largest absolute Gasteiger partial charge is 0.334 e. The third-order valence-corrected chi connectivity index (χ3v) is 3.96. The predicted molar refractivity (Wildman–Crippen MR) is 88.0 cm³/mol. The van der Waals surface area contributed by atoms with Crippen molar-refractivity contribution in [1.29, 1.82) is 0 Å². The molecule has 6 heteroatoms. The van der Waals surface area contributed by atoms with E-state index in [4.69, 9.17) is 4.52 Å². The van der Waals surface area contributed by atoms with Gasteiger partial charge in [0.2, 0.25) is 0 Å². The molecule has 1 unspecified atom stereocenters. The highest BCUT2D eigenvalue weighted by atomic mass is 16.5. The van der Waals surface area contributed by atoms with Crippen LogP contribution in [-0.2, 0) is 13.0 Å². The van der Waals surface area contributed by atoms with Crippen LogP contribution in [-0.4, -0.2) is 33.0 Å². The lowest BCUT2D eigenvalue weighted by Crippen LogP contribution is -2.24. The summed E-state index contributed by atoms with van der Waals surface area (Å²) in [6.45, 7) is 4.83. The van der Waals surface area contributed by atoms with Gasteiger partial charge < -0.3 is 9.84 Å². The normalized spacial score (nSPS) is 12.5. The molecule has 0 amide bonds. The molecular weight excluding hydrogens is 290 g/mol. The zero-order valence-electron chi connectivity index (χ0n) is 13.7. The van der Waals surface area contributed by atoms with Crippen LogP contribution in [0.2, 0.25) is 0 Å². The number of nitrogens with one attached hydrogen (secondary N) is 1. The number of aromatic nitrogens is 4. The molecule has 2 aromatic heterocycles. The maximum atomic E-state index is 5.40. The Labute approximate surface area is 135 Å². The van der Waals surface area contributed by atoms with E-state index in [9.17, 15) is 0 Å². The Morgan fingerprint density at radius 1 is 1.26 bits per heavy atom. The minimum Gasteiger partial charge on any atom is -0.334 e. The molecule has 0 saturated heterocycles. The molecule has 6 nitrogen and oxygen atoms in total. The molecule has 0 bridgehead atoms. The van der Waals surface area contributed by atoms with Crippen LogP contribution in [0, 0.1) is 6.92 Å². The lowest BCUT2D eigenvalue weighted by molar-refractivity contribution is 0.418. The molecule has 0 aliphatic rings. The van der Waals surface area contributed by atoms with E-state index < -0.39 is 0 Å². The van der Waals surface area contributed by atoms with Crippen LogP contribution in [0.4, 0.5) is 0 Å². The Hall–Kier alpha value is -2.47. The fraction of sp³-hybridized carbons (Fsp3) is 0.353. The van der Waals surface area contributed by atoms with Gasteiger partial charge in [0, 0.05) is 18.2 Å². The topological polar surface area (TPSA) is 68.8 Å². The summed E-state index contributed by atoms with van der Waals surface area (Å²) in [5.41, 5.74) is 3.11. The molecule has 0 radical (unpaired) electrons. The zero-order valence-corrected chi connectivity index (χ0v) is 13.7. The quantitative estimate of drug-likeness (QED) is 0.757. The highest BCUT2D eigenvalue weighted by Gasteiger charge is 2.16. The second-order valence-electron chi connectivity index (χ2n) is 5.70. The van der Waals surface area contributed by atoms with Gasteiger partial charge in [0.25, 0.3) is 5.89 Å². The number of rotatable bonds is 6. The Balaban J connectivity index is 1.79. The van der Waals surface area contributed by atoms with Gasteiger partial charge >= 0.3 is 0 Å². The highest BCUT2D eigenvalue weighted by Crippen LogP contribution is 2.22. The molecule has 23 heavy (non-hydrogen) atoms. The van der Waals surface area contributed by atoms with Crippen LogP contribution in [0.25, 0.3) is 11.5 Å². The van der Waals surface area contributed by atoms with Gasteiger partial charge in [0.1, 0.15) is 0 Å². The minimum absolute atomic E-state index is 0.308. The lowest BCUT2D eigenvalue weighted by atomic mass is 10.2. The van der Waals surface area contributed by atoms with E-state index in [1.165, 1.54) is 5.56 Å². The van der Waals surface area contributed by atoms with Gasteiger partial charge in [0.15, 0.2) is 5.82 Å². The van der Waals surface area contributed by atoms with Crippen LogP contribution in [0.1, 0.15) is 24.0 Å². The first kappa shape index (κ1) is 15.4. The van der Waals surface area contributed by atoms with Gasteiger partial charge in [0.05, 0.1) is 18.3 Å². The van der Waals surface area contributed by atoms with Crippen molar-refractivity contribution in [2.75, 3.05) is 7.05 Å². The SMILES string of the molecule is CNC(C)Cc1noc(-c2cnn(Cc3ccccc3)c2C)n1. The summed E-state index contributed by atoms with van der Waals surface area (Å²) in [6.07, 6.45) is 2.52. The standard InChI is InChI=1S/C17H21N5O/c1-12(18-3)9-16-20-17(23-21-16)15-10-19-22(13(15)2)11-14-7-5-4-6-8-14/h4-8,10,12,18H,9,11H2,1-3H3. The molecule has 0 fully saturated rings. The average Bonchev–Trinajstić information content (AvgIpc) is 3.16. The molecule has 0 saturated carbocycles. The Morgan fingerprint density at radius 2 is 2.04 bits per heavy atom. The first-order valence-electron chi connectivity index (χ1n) is 7.74. The number of likely N-dealkylation sites (N-methyl/N-ethyl adjacent to an activating group) is 1. The average molecular weight is 311 g/mol. The summed E-state index contributed by atoms with van der Waals surface area (Å²) < 4.78 is 7.35. The number of nitrogens with zero attached hydrogens (tertiary/aromatic N) is 4. The molecule has 0 aliphatic carbocycles. The zero-order chi connectivity index (χ0) is 16.2. The van der Waals surface area contributed by atoms with Gasteiger partial charge in [-0.1, -0.05) is 35.5 Å². The monoisotopic (exact) mass is 311 g/mol. The second kappa shape index (κ2) is 6.75. The van der Waals surface area contributed by atoms with E-state index in [1.54, 1.807) is 6.20 Å². The van der Waals surface area contributed by atoms with Crippen LogP contribution >= 0.6 is 0 Å². The minimum atomic E-state index is 0.308. The van der Waals surface area contributed by atoms with E-state index in [2.05, 4.69) is 39.6 Å².